The zero-order chi connectivity index (χ0) is 27.2. The van der Waals surface area contributed by atoms with Gasteiger partial charge >= 0.3 is 5.97 Å². The van der Waals surface area contributed by atoms with Crippen LogP contribution in [0.15, 0.2) is 80.6 Å². The largest absolute Gasteiger partial charge is 0.496 e. The Morgan fingerprint density at radius 2 is 2.00 bits per heavy atom. The van der Waals surface area contributed by atoms with Gasteiger partial charge in [-0.15, -0.1) is 0 Å². The van der Waals surface area contributed by atoms with Crippen molar-refractivity contribution in [3.8, 4) is 11.5 Å². The highest BCUT2D eigenvalue weighted by molar-refractivity contribution is 9.10. The standard InChI is InChI=1S/C29H29BrN2O5S/c1-5-10-21-25(28(34)36-7-3)26(20-17-19(30)13-14-23(20)35-4)32-27(33)24(38-29(32)31-21)16-18-11-8-9-12-22(18)37-15-6-2/h6,8-9,11-14,16-17,26H,2,5,7,10,15H2,1,3-4H3/b24-16+/t26-/m1/s1. The Kier molecular flexibility index (Phi) is 9.01. The normalized spacial score (nSPS) is 15.1. The molecular formula is C29H29BrN2O5S. The molecule has 0 aliphatic carbocycles. The van der Waals surface area contributed by atoms with Crippen molar-refractivity contribution in [3.05, 3.63) is 102 Å². The lowest BCUT2D eigenvalue weighted by Gasteiger charge is -2.27. The summed E-state index contributed by atoms with van der Waals surface area (Å²) in [5, 5.41) is 0. The van der Waals surface area contributed by atoms with Crippen LogP contribution in [0.4, 0.5) is 0 Å². The van der Waals surface area contributed by atoms with Gasteiger partial charge in [0.25, 0.3) is 5.56 Å². The quantitative estimate of drug-likeness (QED) is 0.245. The van der Waals surface area contributed by atoms with Crippen LogP contribution in [-0.2, 0) is 9.53 Å². The van der Waals surface area contributed by atoms with Crippen molar-refractivity contribution in [1.82, 2.24) is 4.57 Å². The maximum atomic E-state index is 14.0. The lowest BCUT2D eigenvalue weighted by atomic mass is 9.93. The van der Waals surface area contributed by atoms with Gasteiger partial charge in [-0.2, -0.15) is 0 Å². The molecule has 2 heterocycles. The lowest BCUT2D eigenvalue weighted by molar-refractivity contribution is -0.139. The van der Waals surface area contributed by atoms with Crippen molar-refractivity contribution >= 4 is 39.3 Å². The lowest BCUT2D eigenvalue weighted by Crippen LogP contribution is -2.40. The minimum Gasteiger partial charge on any atom is -0.496 e. The fourth-order valence-electron chi connectivity index (χ4n) is 4.36. The van der Waals surface area contributed by atoms with E-state index in [2.05, 4.69) is 22.5 Å². The average molecular weight is 598 g/mol. The van der Waals surface area contributed by atoms with Crippen molar-refractivity contribution in [2.75, 3.05) is 20.3 Å². The van der Waals surface area contributed by atoms with Gasteiger partial charge in [0.2, 0.25) is 0 Å². The summed E-state index contributed by atoms with van der Waals surface area (Å²) < 4.78 is 19.8. The number of hydrogen-bond donors (Lipinski definition) is 0. The Balaban J connectivity index is 2.02. The topological polar surface area (TPSA) is 79.1 Å². The molecule has 0 N–H and O–H groups in total. The van der Waals surface area contributed by atoms with Crippen LogP contribution in [0.3, 0.4) is 0 Å². The van der Waals surface area contributed by atoms with Crippen molar-refractivity contribution in [3.63, 3.8) is 0 Å². The average Bonchev–Trinajstić information content (AvgIpc) is 3.22. The van der Waals surface area contributed by atoms with Crippen LogP contribution in [0.5, 0.6) is 11.5 Å². The number of carbonyl (C=O) groups is 1. The molecule has 4 rings (SSSR count). The monoisotopic (exact) mass is 596 g/mol. The molecule has 198 valence electrons. The molecule has 0 spiro atoms. The molecule has 0 unspecified atom stereocenters. The number of aromatic nitrogens is 1. The molecule has 38 heavy (non-hydrogen) atoms. The van der Waals surface area contributed by atoms with Crippen LogP contribution >= 0.6 is 27.3 Å². The SMILES string of the molecule is C=CCOc1ccccc1/C=c1/sc2n(c1=O)[C@H](c1cc(Br)ccc1OC)C(C(=O)OCC)=C(CCC)N=2. The number of halogens is 1. The first kappa shape index (κ1) is 27.6. The van der Waals surface area contributed by atoms with E-state index in [1.807, 2.05) is 49.4 Å². The number of para-hydroxylation sites is 1. The molecule has 7 nitrogen and oxygen atoms in total. The van der Waals surface area contributed by atoms with Crippen molar-refractivity contribution in [1.29, 1.82) is 0 Å². The van der Waals surface area contributed by atoms with Gasteiger partial charge in [-0.1, -0.05) is 71.5 Å². The number of carbonyl (C=O) groups excluding carboxylic acids is 1. The van der Waals surface area contributed by atoms with Gasteiger partial charge < -0.3 is 14.2 Å². The first-order chi connectivity index (χ1) is 18.4. The number of thiazole rings is 1. The number of rotatable bonds is 10. The van der Waals surface area contributed by atoms with E-state index >= 15 is 0 Å². The van der Waals surface area contributed by atoms with E-state index in [1.165, 1.54) is 11.3 Å². The maximum Gasteiger partial charge on any atom is 0.338 e. The number of benzene rings is 2. The molecule has 2 aromatic carbocycles. The summed E-state index contributed by atoms with van der Waals surface area (Å²) in [6, 6.07) is 12.3. The van der Waals surface area contributed by atoms with E-state index in [0.717, 1.165) is 16.5 Å². The molecule has 1 aliphatic rings. The first-order valence-electron chi connectivity index (χ1n) is 12.3. The first-order valence-corrected chi connectivity index (χ1v) is 13.9. The molecule has 9 heteroatoms. The molecule has 0 bridgehead atoms. The minimum absolute atomic E-state index is 0.204. The zero-order valence-electron chi connectivity index (χ0n) is 21.5. The highest BCUT2D eigenvalue weighted by Gasteiger charge is 2.36. The van der Waals surface area contributed by atoms with Gasteiger partial charge in [0.15, 0.2) is 4.80 Å². The highest BCUT2D eigenvalue weighted by Crippen LogP contribution is 2.38. The number of allylic oxidation sites excluding steroid dienone is 1. The third kappa shape index (κ3) is 5.54. The molecule has 0 amide bonds. The summed E-state index contributed by atoms with van der Waals surface area (Å²) in [5.41, 5.74) is 2.11. The predicted molar refractivity (Wildman–Crippen MR) is 152 cm³/mol. The number of ether oxygens (including phenoxy) is 3. The van der Waals surface area contributed by atoms with Crippen LogP contribution in [0.25, 0.3) is 6.08 Å². The van der Waals surface area contributed by atoms with Gasteiger partial charge in [-0.05, 0) is 43.7 Å². The van der Waals surface area contributed by atoms with Crippen molar-refractivity contribution in [2.24, 2.45) is 4.99 Å². The number of esters is 1. The van der Waals surface area contributed by atoms with Gasteiger partial charge in [-0.25, -0.2) is 9.79 Å². The molecule has 1 atom stereocenters. The predicted octanol–water partition coefficient (Wildman–Crippen LogP) is 4.91. The fourth-order valence-corrected chi connectivity index (χ4v) is 5.74. The minimum atomic E-state index is -0.770. The summed E-state index contributed by atoms with van der Waals surface area (Å²) in [6.07, 6.45) is 4.80. The summed E-state index contributed by atoms with van der Waals surface area (Å²) in [5.74, 6) is 0.696. The Morgan fingerprint density at radius 3 is 2.71 bits per heavy atom. The van der Waals surface area contributed by atoms with Crippen molar-refractivity contribution < 1.29 is 19.0 Å². The second-order valence-electron chi connectivity index (χ2n) is 8.44. The van der Waals surface area contributed by atoms with Crippen LogP contribution < -0.4 is 24.4 Å². The molecule has 3 aromatic rings. The number of fused-ring (bicyclic) bond motifs is 1. The van der Waals surface area contributed by atoms with E-state index in [0.29, 0.717) is 50.7 Å². The van der Waals surface area contributed by atoms with E-state index in [1.54, 1.807) is 30.8 Å². The Morgan fingerprint density at radius 1 is 1.21 bits per heavy atom. The number of hydrogen-bond acceptors (Lipinski definition) is 7. The smallest absolute Gasteiger partial charge is 0.338 e. The second kappa shape index (κ2) is 12.4. The van der Waals surface area contributed by atoms with Crippen LogP contribution in [0.1, 0.15) is 43.9 Å². The molecule has 0 fully saturated rings. The fraction of sp³-hybridized carbons (Fsp3) is 0.276. The molecule has 1 aromatic heterocycles. The van der Waals surface area contributed by atoms with Gasteiger partial charge in [-0.3, -0.25) is 9.36 Å². The number of methoxy groups -OCH3 is 1. The van der Waals surface area contributed by atoms with Crippen LogP contribution in [0.2, 0.25) is 0 Å². The zero-order valence-corrected chi connectivity index (χ0v) is 23.9. The Hall–Kier alpha value is -3.43. The van der Waals surface area contributed by atoms with Crippen molar-refractivity contribution in [2.45, 2.75) is 32.7 Å². The van der Waals surface area contributed by atoms with Gasteiger partial charge in [0.1, 0.15) is 24.1 Å². The summed E-state index contributed by atoms with van der Waals surface area (Å²) in [7, 11) is 1.57. The molecule has 1 aliphatic heterocycles. The molecule has 0 radical (unpaired) electrons. The Bertz CT molecular complexity index is 1570. The van der Waals surface area contributed by atoms with Crippen LogP contribution in [0, 0.1) is 0 Å². The highest BCUT2D eigenvalue weighted by atomic mass is 79.9. The third-order valence-corrected chi connectivity index (χ3v) is 7.42. The second-order valence-corrected chi connectivity index (χ2v) is 10.4. The van der Waals surface area contributed by atoms with Crippen LogP contribution in [-0.4, -0.2) is 30.9 Å². The number of nitrogens with zero attached hydrogens (tertiary/aromatic N) is 2. The van der Waals surface area contributed by atoms with E-state index in [-0.39, 0.29) is 12.2 Å². The van der Waals surface area contributed by atoms with E-state index in [9.17, 15) is 9.59 Å². The summed E-state index contributed by atoms with van der Waals surface area (Å²) >= 11 is 4.81. The van der Waals surface area contributed by atoms with Gasteiger partial charge in [0.05, 0.1) is 29.5 Å². The molecule has 0 saturated carbocycles. The van der Waals surface area contributed by atoms with E-state index < -0.39 is 12.0 Å². The third-order valence-electron chi connectivity index (χ3n) is 5.94. The van der Waals surface area contributed by atoms with E-state index in [4.69, 9.17) is 19.2 Å². The van der Waals surface area contributed by atoms with Gasteiger partial charge in [0, 0.05) is 15.6 Å². The Labute approximate surface area is 233 Å². The maximum absolute atomic E-state index is 14.0. The molecule has 0 saturated heterocycles. The summed E-state index contributed by atoms with van der Waals surface area (Å²) in [4.78, 5) is 32.7. The molecular weight excluding hydrogens is 568 g/mol. The summed E-state index contributed by atoms with van der Waals surface area (Å²) in [6.45, 7) is 8.04.